The van der Waals surface area contributed by atoms with Crippen molar-refractivity contribution < 1.29 is 26.3 Å². The van der Waals surface area contributed by atoms with Gasteiger partial charge in [0.2, 0.25) is 0 Å². The third-order valence-electron chi connectivity index (χ3n) is 3.49. The van der Waals surface area contributed by atoms with Gasteiger partial charge in [0, 0.05) is 10.6 Å². The number of anilines is 2. The van der Waals surface area contributed by atoms with Crippen LogP contribution in [0, 0.1) is 6.92 Å². The second-order valence-corrected chi connectivity index (χ2v) is 6.63. The first kappa shape index (κ1) is 19.6. The van der Waals surface area contributed by atoms with Gasteiger partial charge in [-0.2, -0.15) is 26.3 Å². The summed E-state index contributed by atoms with van der Waals surface area (Å²) in [7, 11) is 0. The molecule has 0 radical (unpaired) electrons. The quantitative estimate of drug-likeness (QED) is 0.591. The van der Waals surface area contributed by atoms with Gasteiger partial charge in [0.25, 0.3) is 0 Å². The maximum absolute atomic E-state index is 12.9. The van der Waals surface area contributed by atoms with Crippen LogP contribution in [0.3, 0.4) is 0 Å². The molecule has 2 rings (SSSR count). The highest BCUT2D eigenvalue weighted by Gasteiger charge is 2.37. The molecule has 0 aliphatic heterocycles. The van der Waals surface area contributed by atoms with E-state index in [-0.39, 0.29) is 16.9 Å². The van der Waals surface area contributed by atoms with E-state index >= 15 is 0 Å². The fourth-order valence-electron chi connectivity index (χ4n) is 2.20. The second-order valence-electron chi connectivity index (χ2n) is 5.55. The molecule has 0 aliphatic rings. The second kappa shape index (κ2) is 7.23. The molecule has 9 heteroatoms. The fraction of sp³-hybridized carbons (Fsp3) is 0.438. The smallest absolute Gasteiger partial charge is 0.332 e. The summed E-state index contributed by atoms with van der Waals surface area (Å²) in [6, 6.07) is 1.40. The van der Waals surface area contributed by atoms with Gasteiger partial charge in [-0.05, 0) is 38.0 Å². The van der Waals surface area contributed by atoms with Crippen LogP contribution in [-0.2, 0) is 18.8 Å². The molecule has 0 saturated heterocycles. The van der Waals surface area contributed by atoms with Crippen molar-refractivity contribution in [1.29, 1.82) is 0 Å². The van der Waals surface area contributed by atoms with Gasteiger partial charge in [0.15, 0.2) is 5.13 Å². The summed E-state index contributed by atoms with van der Waals surface area (Å²) in [5.41, 5.74) is -2.28. The van der Waals surface area contributed by atoms with Crippen LogP contribution < -0.4 is 5.32 Å². The zero-order chi connectivity index (χ0) is 18.8. The van der Waals surface area contributed by atoms with E-state index in [0.29, 0.717) is 12.1 Å². The van der Waals surface area contributed by atoms with Crippen molar-refractivity contribution in [2.45, 2.75) is 45.5 Å². The molecule has 0 spiro atoms. The SMILES string of the molecule is CCCCc1sc(Nc2cc(C(F)(F)F)cc(C(F)(F)F)c2)nc1C. The predicted molar refractivity (Wildman–Crippen MR) is 85.2 cm³/mol. The van der Waals surface area contributed by atoms with E-state index in [4.69, 9.17) is 0 Å². The molecule has 1 aromatic heterocycles. The first-order valence-electron chi connectivity index (χ1n) is 7.53. The molecule has 0 fully saturated rings. The minimum Gasteiger partial charge on any atom is -0.332 e. The van der Waals surface area contributed by atoms with E-state index in [9.17, 15) is 26.3 Å². The summed E-state index contributed by atoms with van der Waals surface area (Å²) < 4.78 is 77.2. The Hall–Kier alpha value is -1.77. The Morgan fingerprint density at radius 3 is 2.04 bits per heavy atom. The molecule has 0 unspecified atom stereocenters. The number of alkyl halides is 6. The Kier molecular flexibility index (Phi) is 5.65. The van der Waals surface area contributed by atoms with Gasteiger partial charge >= 0.3 is 12.4 Å². The molecule has 1 heterocycles. The van der Waals surface area contributed by atoms with Crippen LogP contribution in [0.5, 0.6) is 0 Å². The number of aromatic nitrogens is 1. The Balaban J connectivity index is 2.35. The highest BCUT2D eigenvalue weighted by molar-refractivity contribution is 7.15. The van der Waals surface area contributed by atoms with Crippen LogP contribution in [0.2, 0.25) is 0 Å². The maximum atomic E-state index is 12.9. The average molecular weight is 382 g/mol. The van der Waals surface area contributed by atoms with Gasteiger partial charge in [-0.1, -0.05) is 13.3 Å². The molecule has 138 valence electrons. The molecule has 1 aromatic carbocycles. The highest BCUT2D eigenvalue weighted by atomic mass is 32.1. The Morgan fingerprint density at radius 1 is 1.00 bits per heavy atom. The van der Waals surface area contributed by atoms with Gasteiger partial charge in [-0.15, -0.1) is 11.3 Å². The lowest BCUT2D eigenvalue weighted by Gasteiger charge is -2.14. The largest absolute Gasteiger partial charge is 0.416 e. The number of hydrogen-bond donors (Lipinski definition) is 1. The van der Waals surface area contributed by atoms with E-state index in [0.717, 1.165) is 29.8 Å². The number of benzene rings is 1. The third kappa shape index (κ3) is 5.10. The lowest BCUT2D eigenvalue weighted by molar-refractivity contribution is -0.143. The van der Waals surface area contributed by atoms with Crippen LogP contribution in [-0.4, -0.2) is 4.98 Å². The van der Waals surface area contributed by atoms with Crippen molar-refractivity contribution in [3.63, 3.8) is 0 Å². The van der Waals surface area contributed by atoms with Gasteiger partial charge in [-0.3, -0.25) is 0 Å². The number of thiazole rings is 1. The number of aryl methyl sites for hydroxylation is 2. The van der Waals surface area contributed by atoms with Crippen molar-refractivity contribution in [2.75, 3.05) is 5.32 Å². The number of halogens is 6. The van der Waals surface area contributed by atoms with Crippen molar-refractivity contribution in [3.05, 3.63) is 39.9 Å². The normalized spacial score (nSPS) is 12.5. The summed E-state index contributed by atoms with van der Waals surface area (Å²) in [6.07, 6.45) is -7.06. The first-order valence-corrected chi connectivity index (χ1v) is 8.35. The molecule has 0 aliphatic carbocycles. The number of nitrogens with zero attached hydrogens (tertiary/aromatic N) is 1. The molecular weight excluding hydrogens is 366 g/mol. The van der Waals surface area contributed by atoms with Crippen LogP contribution in [0.1, 0.15) is 41.5 Å². The van der Waals surface area contributed by atoms with Crippen molar-refractivity contribution >= 4 is 22.2 Å². The number of nitrogens with one attached hydrogen (secondary N) is 1. The van der Waals surface area contributed by atoms with Crippen LogP contribution in [0.15, 0.2) is 18.2 Å². The van der Waals surface area contributed by atoms with Gasteiger partial charge in [-0.25, -0.2) is 4.98 Å². The number of hydrogen-bond acceptors (Lipinski definition) is 3. The minimum absolute atomic E-state index is 0.102. The predicted octanol–water partition coefficient (Wildman–Crippen LogP) is 6.58. The monoisotopic (exact) mass is 382 g/mol. The highest BCUT2D eigenvalue weighted by Crippen LogP contribution is 2.38. The summed E-state index contributed by atoms with van der Waals surface area (Å²) in [5, 5.41) is 2.85. The molecule has 2 aromatic rings. The van der Waals surface area contributed by atoms with Gasteiger partial charge in [0.1, 0.15) is 0 Å². The molecule has 0 amide bonds. The molecule has 2 nitrogen and oxygen atoms in total. The summed E-state index contributed by atoms with van der Waals surface area (Å²) in [4.78, 5) is 5.15. The zero-order valence-electron chi connectivity index (χ0n) is 13.5. The zero-order valence-corrected chi connectivity index (χ0v) is 14.3. The standard InChI is InChI=1S/C16H16F6N2S/c1-3-4-5-13-9(2)23-14(25-13)24-12-7-10(15(17,18)19)6-11(8-12)16(20,21)22/h6-8H,3-5H2,1-2H3,(H,23,24). The maximum Gasteiger partial charge on any atom is 0.416 e. The van der Waals surface area contributed by atoms with Crippen molar-refractivity contribution in [2.24, 2.45) is 0 Å². The van der Waals surface area contributed by atoms with Crippen LogP contribution in [0.4, 0.5) is 37.2 Å². The van der Waals surface area contributed by atoms with E-state index in [1.165, 1.54) is 11.3 Å². The van der Waals surface area contributed by atoms with Crippen molar-refractivity contribution in [1.82, 2.24) is 4.98 Å². The summed E-state index contributed by atoms with van der Waals surface area (Å²) >= 11 is 1.24. The van der Waals surface area contributed by atoms with Crippen LogP contribution in [0.25, 0.3) is 0 Å². The van der Waals surface area contributed by atoms with Crippen molar-refractivity contribution in [3.8, 4) is 0 Å². The summed E-state index contributed by atoms with van der Waals surface area (Å²) in [6.45, 7) is 3.79. The summed E-state index contributed by atoms with van der Waals surface area (Å²) in [5.74, 6) is 0. The molecule has 1 N–H and O–H groups in total. The third-order valence-corrected chi connectivity index (χ3v) is 4.62. The lowest BCUT2D eigenvalue weighted by atomic mass is 10.1. The van der Waals surface area contributed by atoms with Gasteiger partial charge < -0.3 is 5.32 Å². The minimum atomic E-state index is -4.87. The van der Waals surface area contributed by atoms with Gasteiger partial charge in [0.05, 0.1) is 16.8 Å². The first-order chi connectivity index (χ1) is 11.5. The molecule has 0 atom stereocenters. The number of unbranched alkanes of at least 4 members (excludes halogenated alkanes) is 1. The van der Waals surface area contributed by atoms with E-state index in [2.05, 4.69) is 10.3 Å². The Bertz CT molecular complexity index is 701. The number of rotatable bonds is 5. The Morgan fingerprint density at radius 2 is 1.56 bits per heavy atom. The van der Waals surface area contributed by atoms with E-state index in [1.54, 1.807) is 6.92 Å². The topological polar surface area (TPSA) is 24.9 Å². The molecule has 25 heavy (non-hydrogen) atoms. The molecule has 0 saturated carbocycles. The van der Waals surface area contributed by atoms with Crippen LogP contribution >= 0.6 is 11.3 Å². The molecular formula is C16H16F6N2S. The fourth-order valence-corrected chi connectivity index (χ4v) is 3.23. The van der Waals surface area contributed by atoms with E-state index in [1.807, 2.05) is 6.92 Å². The Labute approximate surface area is 144 Å². The molecule has 0 bridgehead atoms. The lowest BCUT2D eigenvalue weighted by Crippen LogP contribution is -2.11. The van der Waals surface area contributed by atoms with E-state index < -0.39 is 23.5 Å². The average Bonchev–Trinajstić information content (AvgIpc) is 2.82.